The van der Waals surface area contributed by atoms with Crippen LogP contribution >= 0.6 is 11.6 Å². The van der Waals surface area contributed by atoms with Gasteiger partial charge in [0.25, 0.3) is 5.91 Å². The van der Waals surface area contributed by atoms with Crippen molar-refractivity contribution < 1.29 is 17.9 Å². The van der Waals surface area contributed by atoms with Gasteiger partial charge in [0.15, 0.2) is 0 Å². The van der Waals surface area contributed by atoms with Crippen LogP contribution in [-0.4, -0.2) is 51.5 Å². The van der Waals surface area contributed by atoms with Crippen molar-refractivity contribution in [2.75, 3.05) is 32.8 Å². The molecule has 0 spiro atoms. The van der Waals surface area contributed by atoms with Crippen LogP contribution in [0.1, 0.15) is 28.8 Å². The molecule has 2 aromatic carbocycles. The predicted molar refractivity (Wildman–Crippen MR) is 111 cm³/mol. The molecule has 1 N–H and O–H groups in total. The number of hydrogen-bond acceptors (Lipinski definition) is 4. The number of carbonyl (C=O) groups is 1. The summed E-state index contributed by atoms with van der Waals surface area (Å²) in [6, 6.07) is 13.9. The minimum atomic E-state index is -3.64. The van der Waals surface area contributed by atoms with Crippen molar-refractivity contribution in [3.05, 3.63) is 64.7 Å². The summed E-state index contributed by atoms with van der Waals surface area (Å²) in [6.45, 7) is 1.91. The van der Waals surface area contributed by atoms with Gasteiger partial charge in [-0.15, -0.1) is 0 Å². The number of benzene rings is 2. The van der Waals surface area contributed by atoms with Crippen molar-refractivity contribution >= 4 is 27.5 Å². The van der Waals surface area contributed by atoms with Gasteiger partial charge in [-0.25, -0.2) is 8.42 Å². The number of ether oxygens (including phenoxy) is 1. The Kier molecular flexibility index (Phi) is 5.66. The second kappa shape index (κ2) is 8.07. The Morgan fingerprint density at radius 1 is 1.10 bits per heavy atom. The maximum absolute atomic E-state index is 12.8. The molecular formula is C21H23ClN2O4S. The zero-order valence-electron chi connectivity index (χ0n) is 15.9. The lowest BCUT2D eigenvalue weighted by Gasteiger charge is -2.26. The fourth-order valence-electron chi connectivity index (χ4n) is 3.61. The molecule has 1 saturated carbocycles. The minimum Gasteiger partial charge on any atom is -0.379 e. The fourth-order valence-corrected chi connectivity index (χ4v) is 5.19. The molecular weight excluding hydrogens is 412 g/mol. The first-order chi connectivity index (χ1) is 13.9. The summed E-state index contributed by atoms with van der Waals surface area (Å²) in [5, 5.41) is 3.66. The first-order valence-electron chi connectivity index (χ1n) is 9.63. The lowest BCUT2D eigenvalue weighted by Crippen LogP contribution is -2.40. The quantitative estimate of drug-likeness (QED) is 0.758. The third-order valence-electron chi connectivity index (χ3n) is 5.60. The van der Waals surface area contributed by atoms with E-state index in [0.717, 1.165) is 18.4 Å². The highest BCUT2D eigenvalue weighted by molar-refractivity contribution is 7.89. The molecule has 0 aromatic heterocycles. The molecule has 0 bridgehead atoms. The average Bonchev–Trinajstić information content (AvgIpc) is 3.54. The lowest BCUT2D eigenvalue weighted by molar-refractivity contribution is 0.0730. The predicted octanol–water partition coefficient (Wildman–Crippen LogP) is 2.82. The highest BCUT2D eigenvalue weighted by Gasteiger charge is 2.44. The molecule has 2 aliphatic rings. The van der Waals surface area contributed by atoms with Crippen LogP contribution in [0.15, 0.2) is 53.4 Å². The number of nitrogens with zero attached hydrogens (tertiary/aromatic N) is 1. The number of halogens is 1. The van der Waals surface area contributed by atoms with Gasteiger partial charge in [-0.05, 0) is 48.7 Å². The van der Waals surface area contributed by atoms with Gasteiger partial charge in [0.05, 0.1) is 18.1 Å². The SMILES string of the molecule is O=C(NCC1(c2ccc(Cl)cc2)CC1)c1cccc(S(=O)(=O)N2CCOCC2)c1. The second-order valence-corrected chi connectivity index (χ2v) is 9.89. The van der Waals surface area contributed by atoms with Crippen molar-refractivity contribution in [2.45, 2.75) is 23.2 Å². The van der Waals surface area contributed by atoms with Gasteiger partial charge >= 0.3 is 0 Å². The third kappa shape index (κ3) is 4.33. The van der Waals surface area contributed by atoms with Crippen LogP contribution in [0.3, 0.4) is 0 Å². The summed E-state index contributed by atoms with van der Waals surface area (Å²) < 4.78 is 32.3. The van der Waals surface area contributed by atoms with E-state index in [1.807, 2.05) is 24.3 Å². The Morgan fingerprint density at radius 2 is 1.79 bits per heavy atom. The number of amides is 1. The van der Waals surface area contributed by atoms with Gasteiger partial charge in [0, 0.05) is 35.6 Å². The van der Waals surface area contributed by atoms with Crippen LogP contribution in [0.2, 0.25) is 5.02 Å². The molecule has 1 saturated heterocycles. The van der Waals surface area contributed by atoms with Crippen molar-refractivity contribution in [3.63, 3.8) is 0 Å². The first kappa shape index (κ1) is 20.3. The highest BCUT2D eigenvalue weighted by Crippen LogP contribution is 2.47. The minimum absolute atomic E-state index is 0.0578. The Morgan fingerprint density at radius 3 is 2.45 bits per heavy atom. The molecule has 2 aromatic rings. The molecule has 154 valence electrons. The second-order valence-electron chi connectivity index (χ2n) is 7.51. The van der Waals surface area contributed by atoms with Gasteiger partial charge in [-0.1, -0.05) is 29.8 Å². The fraction of sp³-hybridized carbons (Fsp3) is 0.381. The van der Waals surface area contributed by atoms with E-state index in [1.165, 1.54) is 16.4 Å². The molecule has 1 amide bonds. The van der Waals surface area contributed by atoms with Crippen molar-refractivity contribution in [1.82, 2.24) is 9.62 Å². The maximum atomic E-state index is 12.8. The van der Waals surface area contributed by atoms with Crippen LogP contribution in [0.25, 0.3) is 0 Å². The van der Waals surface area contributed by atoms with Gasteiger partial charge in [-0.3, -0.25) is 4.79 Å². The molecule has 0 unspecified atom stereocenters. The van der Waals surface area contributed by atoms with Crippen LogP contribution in [-0.2, 0) is 20.2 Å². The van der Waals surface area contributed by atoms with E-state index in [0.29, 0.717) is 43.4 Å². The largest absolute Gasteiger partial charge is 0.379 e. The number of hydrogen-bond donors (Lipinski definition) is 1. The molecule has 6 nitrogen and oxygen atoms in total. The molecule has 2 fully saturated rings. The Hall–Kier alpha value is -1.93. The smallest absolute Gasteiger partial charge is 0.251 e. The van der Waals surface area contributed by atoms with E-state index in [4.69, 9.17) is 16.3 Å². The standard InChI is InChI=1S/C21H23ClN2O4S/c22-18-6-4-17(5-7-18)21(8-9-21)15-23-20(25)16-2-1-3-19(14-16)29(26,27)24-10-12-28-13-11-24/h1-7,14H,8-13,15H2,(H,23,25). The van der Waals surface area contributed by atoms with E-state index in [2.05, 4.69) is 5.32 Å². The maximum Gasteiger partial charge on any atom is 0.251 e. The summed E-state index contributed by atoms with van der Waals surface area (Å²) in [7, 11) is -3.64. The Labute approximate surface area is 175 Å². The van der Waals surface area contributed by atoms with Crippen LogP contribution in [0.4, 0.5) is 0 Å². The Balaban J connectivity index is 1.46. The topological polar surface area (TPSA) is 75.7 Å². The molecule has 29 heavy (non-hydrogen) atoms. The molecule has 0 atom stereocenters. The number of sulfonamides is 1. The van der Waals surface area contributed by atoms with E-state index in [1.54, 1.807) is 12.1 Å². The summed E-state index contributed by atoms with van der Waals surface area (Å²) in [6.07, 6.45) is 2.00. The molecule has 8 heteroatoms. The van der Waals surface area contributed by atoms with E-state index in [9.17, 15) is 13.2 Å². The average molecular weight is 435 g/mol. The van der Waals surface area contributed by atoms with Gasteiger partial charge in [0.2, 0.25) is 10.0 Å². The monoisotopic (exact) mass is 434 g/mol. The Bertz CT molecular complexity index is 998. The highest BCUT2D eigenvalue weighted by atomic mass is 35.5. The zero-order valence-corrected chi connectivity index (χ0v) is 17.5. The van der Waals surface area contributed by atoms with Crippen LogP contribution in [0.5, 0.6) is 0 Å². The molecule has 1 heterocycles. The normalized spacial score (nSPS) is 18.9. The van der Waals surface area contributed by atoms with Gasteiger partial charge < -0.3 is 10.1 Å². The summed E-state index contributed by atoms with van der Waals surface area (Å²) >= 11 is 5.97. The lowest BCUT2D eigenvalue weighted by atomic mass is 9.96. The van der Waals surface area contributed by atoms with Crippen molar-refractivity contribution in [1.29, 1.82) is 0 Å². The van der Waals surface area contributed by atoms with Gasteiger partial charge in [-0.2, -0.15) is 4.31 Å². The summed E-state index contributed by atoms with van der Waals surface area (Å²) in [4.78, 5) is 12.8. The summed E-state index contributed by atoms with van der Waals surface area (Å²) in [5.74, 6) is -0.274. The molecule has 0 radical (unpaired) electrons. The third-order valence-corrected chi connectivity index (χ3v) is 7.75. The first-order valence-corrected chi connectivity index (χ1v) is 11.4. The molecule has 4 rings (SSSR count). The number of carbonyl (C=O) groups excluding carboxylic acids is 1. The summed E-state index contributed by atoms with van der Waals surface area (Å²) in [5.41, 5.74) is 1.44. The zero-order chi connectivity index (χ0) is 20.5. The number of morpholine rings is 1. The van der Waals surface area contributed by atoms with Crippen molar-refractivity contribution in [2.24, 2.45) is 0 Å². The number of rotatable bonds is 6. The van der Waals surface area contributed by atoms with E-state index >= 15 is 0 Å². The number of nitrogens with one attached hydrogen (secondary N) is 1. The van der Waals surface area contributed by atoms with Crippen LogP contribution < -0.4 is 5.32 Å². The van der Waals surface area contributed by atoms with E-state index < -0.39 is 10.0 Å². The molecule has 1 aliphatic carbocycles. The van der Waals surface area contributed by atoms with E-state index in [-0.39, 0.29) is 16.2 Å². The molecule has 1 aliphatic heterocycles. The van der Waals surface area contributed by atoms with Crippen molar-refractivity contribution in [3.8, 4) is 0 Å². The van der Waals surface area contributed by atoms with Crippen LogP contribution in [0, 0.1) is 0 Å². The van der Waals surface area contributed by atoms with Gasteiger partial charge in [0.1, 0.15) is 0 Å².